The highest BCUT2D eigenvalue weighted by Crippen LogP contribution is 2.22. The highest BCUT2D eigenvalue weighted by Gasteiger charge is 2.22. The van der Waals surface area contributed by atoms with Gasteiger partial charge in [-0.15, -0.1) is 0 Å². The number of hydrogen-bond acceptors (Lipinski definition) is 5. The molecule has 0 saturated carbocycles. The Bertz CT molecular complexity index is 271. The van der Waals surface area contributed by atoms with E-state index in [2.05, 4.69) is 10.5 Å². The Morgan fingerprint density at radius 2 is 1.76 bits per heavy atom. The molecule has 0 aliphatic carbocycles. The first kappa shape index (κ1) is 20.1. The lowest BCUT2D eigenvalue weighted by Gasteiger charge is -2.22. The molecule has 0 amide bonds. The second-order valence-electron chi connectivity index (χ2n) is 5.89. The van der Waals surface area contributed by atoms with Crippen LogP contribution in [0.2, 0.25) is 0 Å². The largest absolute Gasteiger partial charge is 0.409 e. The maximum Gasteiger partial charge on any atom is 0.144 e. The summed E-state index contributed by atoms with van der Waals surface area (Å²) in [7, 11) is 1.68. The molecule has 0 radical (unpaired) electrons. The molecule has 0 heterocycles. The molecule has 6 nitrogen and oxygen atoms in total. The van der Waals surface area contributed by atoms with E-state index in [0.717, 1.165) is 51.8 Å². The molecule has 0 bridgehead atoms. The minimum absolute atomic E-state index is 0.228. The second-order valence-corrected chi connectivity index (χ2v) is 5.89. The van der Waals surface area contributed by atoms with Gasteiger partial charge in [0, 0.05) is 19.1 Å². The van der Waals surface area contributed by atoms with Gasteiger partial charge in [0.1, 0.15) is 5.84 Å². The van der Waals surface area contributed by atoms with Crippen molar-refractivity contribution in [3.63, 3.8) is 0 Å². The number of oxime groups is 1. The number of hydrogen-bond donors (Lipinski definition) is 3. The van der Waals surface area contributed by atoms with Gasteiger partial charge >= 0.3 is 0 Å². The normalized spacial score (nSPS) is 12.8. The lowest BCUT2D eigenvalue weighted by molar-refractivity contribution is 0.0688. The van der Waals surface area contributed by atoms with Crippen LogP contribution in [0.5, 0.6) is 0 Å². The number of unbranched alkanes of at least 4 members (excludes halogenated alkanes) is 2. The zero-order valence-electron chi connectivity index (χ0n) is 13.9. The Kier molecular flexibility index (Phi) is 12.3. The van der Waals surface area contributed by atoms with Gasteiger partial charge in [-0.2, -0.15) is 0 Å². The molecular weight excluding hydrogens is 270 g/mol. The van der Waals surface area contributed by atoms with E-state index in [9.17, 15) is 0 Å². The van der Waals surface area contributed by atoms with Gasteiger partial charge in [0.15, 0.2) is 0 Å². The average Bonchev–Trinajstić information content (AvgIpc) is 2.47. The summed E-state index contributed by atoms with van der Waals surface area (Å²) in [5, 5.41) is 15.2. The molecule has 0 aliphatic heterocycles. The number of methoxy groups -OCH3 is 1. The van der Waals surface area contributed by atoms with Crippen LogP contribution < -0.4 is 11.1 Å². The van der Waals surface area contributed by atoms with Gasteiger partial charge in [-0.25, -0.2) is 0 Å². The summed E-state index contributed by atoms with van der Waals surface area (Å²) in [6, 6.07) is 0. The summed E-state index contributed by atoms with van der Waals surface area (Å²) in [6.07, 6.45) is 5.30. The number of nitrogens with two attached hydrogens (primary N) is 1. The average molecular weight is 303 g/mol. The van der Waals surface area contributed by atoms with Crippen molar-refractivity contribution >= 4 is 5.84 Å². The first-order chi connectivity index (χ1) is 10.0. The highest BCUT2D eigenvalue weighted by molar-refractivity contribution is 5.85. The van der Waals surface area contributed by atoms with E-state index in [0.29, 0.717) is 19.0 Å². The first-order valence-corrected chi connectivity index (χ1v) is 7.80. The van der Waals surface area contributed by atoms with Gasteiger partial charge in [-0.1, -0.05) is 25.4 Å². The molecule has 6 heteroatoms. The maximum atomic E-state index is 8.70. The fraction of sp³-hybridized carbons (Fsp3) is 0.933. The van der Waals surface area contributed by atoms with E-state index in [1.165, 1.54) is 0 Å². The number of nitrogens with zero attached hydrogens (tertiary/aromatic N) is 1. The lowest BCUT2D eigenvalue weighted by atomic mass is 9.86. The van der Waals surface area contributed by atoms with Crippen LogP contribution in [0, 0.1) is 5.41 Å². The third-order valence-corrected chi connectivity index (χ3v) is 3.53. The standard InChI is InChI=1S/C15H33N3O3/c1-15(2,14(16)18-19)8-4-5-9-17-10-6-7-11-21-13-12-20-3/h17,19H,4-13H2,1-3H3,(H2,16,18). The van der Waals surface area contributed by atoms with Crippen molar-refractivity contribution in [2.75, 3.05) is 40.0 Å². The summed E-state index contributed by atoms with van der Waals surface area (Å²) in [4.78, 5) is 0. The molecule has 0 rings (SSSR count). The minimum atomic E-state index is -0.228. The minimum Gasteiger partial charge on any atom is -0.409 e. The molecular formula is C15H33N3O3. The molecule has 21 heavy (non-hydrogen) atoms. The molecule has 0 unspecified atom stereocenters. The van der Waals surface area contributed by atoms with Gasteiger partial charge in [-0.05, 0) is 38.8 Å². The molecule has 0 atom stereocenters. The van der Waals surface area contributed by atoms with Crippen LogP contribution in [-0.2, 0) is 9.47 Å². The summed E-state index contributed by atoms with van der Waals surface area (Å²) in [6.45, 7) is 8.19. The zero-order chi connectivity index (χ0) is 16.0. The summed E-state index contributed by atoms with van der Waals surface area (Å²) < 4.78 is 10.3. The quantitative estimate of drug-likeness (QED) is 0.150. The van der Waals surface area contributed by atoms with Crippen LogP contribution in [0.25, 0.3) is 0 Å². The summed E-state index contributed by atoms with van der Waals surface area (Å²) in [5.74, 6) is 0.309. The molecule has 0 aromatic rings. The SMILES string of the molecule is COCCOCCCCNCCCCC(C)(C)C(N)=NO. The van der Waals surface area contributed by atoms with E-state index in [-0.39, 0.29) is 5.41 Å². The Morgan fingerprint density at radius 3 is 2.38 bits per heavy atom. The predicted octanol–water partition coefficient (Wildman–Crippen LogP) is 1.96. The van der Waals surface area contributed by atoms with Crippen molar-refractivity contribution < 1.29 is 14.7 Å². The number of nitrogens with one attached hydrogen (secondary N) is 1. The van der Waals surface area contributed by atoms with E-state index in [1.54, 1.807) is 7.11 Å². The molecule has 0 fully saturated rings. The Labute approximate surface area is 129 Å². The maximum absolute atomic E-state index is 8.70. The third kappa shape index (κ3) is 11.5. The molecule has 0 aromatic carbocycles. The van der Waals surface area contributed by atoms with Crippen LogP contribution in [0.4, 0.5) is 0 Å². The van der Waals surface area contributed by atoms with E-state index < -0.39 is 0 Å². The molecule has 126 valence electrons. The van der Waals surface area contributed by atoms with E-state index in [4.69, 9.17) is 20.4 Å². The first-order valence-electron chi connectivity index (χ1n) is 7.80. The predicted molar refractivity (Wildman–Crippen MR) is 85.8 cm³/mol. The van der Waals surface area contributed by atoms with E-state index in [1.807, 2.05) is 13.8 Å². The third-order valence-electron chi connectivity index (χ3n) is 3.53. The van der Waals surface area contributed by atoms with Crippen LogP contribution in [0.1, 0.15) is 46.0 Å². The van der Waals surface area contributed by atoms with Gasteiger partial charge in [-0.3, -0.25) is 0 Å². The Hall–Kier alpha value is -0.850. The molecule has 0 aromatic heterocycles. The molecule has 4 N–H and O–H groups in total. The fourth-order valence-electron chi connectivity index (χ4n) is 1.90. The van der Waals surface area contributed by atoms with Gasteiger partial charge in [0.25, 0.3) is 0 Å². The smallest absolute Gasteiger partial charge is 0.144 e. The van der Waals surface area contributed by atoms with Gasteiger partial charge in [0.05, 0.1) is 13.2 Å². The number of ether oxygens (including phenoxy) is 2. The van der Waals surface area contributed by atoms with Crippen LogP contribution >= 0.6 is 0 Å². The number of amidine groups is 1. The van der Waals surface area contributed by atoms with Crippen molar-refractivity contribution in [2.24, 2.45) is 16.3 Å². The number of rotatable bonds is 14. The zero-order valence-corrected chi connectivity index (χ0v) is 13.9. The van der Waals surface area contributed by atoms with Crippen molar-refractivity contribution in [1.29, 1.82) is 0 Å². The van der Waals surface area contributed by atoms with Crippen LogP contribution in [0.15, 0.2) is 5.16 Å². The van der Waals surface area contributed by atoms with E-state index >= 15 is 0 Å². The van der Waals surface area contributed by atoms with Crippen LogP contribution in [-0.4, -0.2) is 51.1 Å². The van der Waals surface area contributed by atoms with Crippen molar-refractivity contribution in [1.82, 2.24) is 5.32 Å². The van der Waals surface area contributed by atoms with Crippen molar-refractivity contribution in [3.05, 3.63) is 0 Å². The summed E-state index contributed by atoms with van der Waals surface area (Å²) in [5.41, 5.74) is 5.43. The Morgan fingerprint density at radius 1 is 1.10 bits per heavy atom. The summed E-state index contributed by atoms with van der Waals surface area (Å²) >= 11 is 0. The molecule has 0 saturated heterocycles. The monoisotopic (exact) mass is 303 g/mol. The lowest BCUT2D eigenvalue weighted by Crippen LogP contribution is -2.32. The van der Waals surface area contributed by atoms with Gasteiger partial charge < -0.3 is 25.7 Å². The van der Waals surface area contributed by atoms with Gasteiger partial charge in [0.2, 0.25) is 0 Å². The molecule has 0 aliphatic rings. The fourth-order valence-corrected chi connectivity index (χ4v) is 1.90. The highest BCUT2D eigenvalue weighted by atomic mass is 16.5. The Balaban J connectivity index is 3.30. The van der Waals surface area contributed by atoms with Crippen molar-refractivity contribution in [3.8, 4) is 0 Å². The topological polar surface area (TPSA) is 89.1 Å². The van der Waals surface area contributed by atoms with Crippen LogP contribution in [0.3, 0.4) is 0 Å². The van der Waals surface area contributed by atoms with Crippen molar-refractivity contribution in [2.45, 2.75) is 46.0 Å². The molecule has 0 spiro atoms. The second kappa shape index (κ2) is 12.9.